The van der Waals surface area contributed by atoms with Gasteiger partial charge in [0.15, 0.2) is 0 Å². The highest BCUT2D eigenvalue weighted by Gasteiger charge is 2.61. The lowest BCUT2D eigenvalue weighted by atomic mass is 10.0. The zero-order valence-corrected chi connectivity index (χ0v) is 17.4. The van der Waals surface area contributed by atoms with Gasteiger partial charge in [-0.25, -0.2) is 17.6 Å². The molecule has 0 fully saturated rings. The van der Waals surface area contributed by atoms with Crippen molar-refractivity contribution in [3.05, 3.63) is 35.9 Å². The number of amides is 1. The van der Waals surface area contributed by atoms with E-state index < -0.39 is 69.7 Å². The third-order valence-electron chi connectivity index (χ3n) is 3.90. The first-order valence-electron chi connectivity index (χ1n) is 8.93. The van der Waals surface area contributed by atoms with Gasteiger partial charge in [-0.15, -0.1) is 4.74 Å². The molecule has 186 valence electrons. The summed E-state index contributed by atoms with van der Waals surface area (Å²) < 4.78 is 125. The van der Waals surface area contributed by atoms with Crippen LogP contribution in [0.25, 0.3) is 0 Å². The van der Waals surface area contributed by atoms with Crippen LogP contribution in [0.1, 0.15) is 17.3 Å². The predicted octanol–water partition coefficient (Wildman–Crippen LogP) is 4.94. The van der Waals surface area contributed by atoms with Gasteiger partial charge < -0.3 is 4.74 Å². The summed E-state index contributed by atoms with van der Waals surface area (Å²) in [6.07, 6.45) is -8.61. The number of ether oxygens (including phenoxy) is 1. The van der Waals surface area contributed by atoms with Crippen LogP contribution >= 0.6 is 7.74 Å². The Bertz CT molecular complexity index is 888. The van der Waals surface area contributed by atoms with E-state index in [1.54, 1.807) is 0 Å². The Morgan fingerprint density at radius 2 is 1.52 bits per heavy atom. The third kappa shape index (κ3) is 5.96. The fraction of sp³-hybridized carbons (Fsp3) is 0.529. The van der Waals surface area contributed by atoms with Crippen LogP contribution in [0.2, 0.25) is 0 Å². The van der Waals surface area contributed by atoms with Gasteiger partial charge in [-0.3, -0.25) is 23.2 Å². The van der Waals surface area contributed by atoms with Crippen LogP contribution in [0, 0.1) is 0 Å². The van der Waals surface area contributed by atoms with E-state index in [9.17, 15) is 44.7 Å². The Morgan fingerprint density at radius 1 is 1.03 bits per heavy atom. The number of halogens is 8. The maximum atomic E-state index is 13.4. The molecule has 1 heterocycles. The number of carbonyl (C=O) groups excluding carboxylic acids is 2. The first kappa shape index (κ1) is 27.3. The fourth-order valence-electron chi connectivity index (χ4n) is 2.28. The molecule has 0 saturated carbocycles. The van der Waals surface area contributed by atoms with Crippen LogP contribution < -0.4 is 0 Å². The van der Waals surface area contributed by atoms with Crippen molar-refractivity contribution < 1.29 is 63.0 Å². The van der Waals surface area contributed by atoms with Crippen molar-refractivity contribution in [2.24, 2.45) is 4.74 Å². The minimum Gasteiger partial charge on any atom is -0.336 e. The molecule has 0 aliphatic carbocycles. The van der Waals surface area contributed by atoms with Gasteiger partial charge in [0.25, 0.3) is 0 Å². The van der Waals surface area contributed by atoms with E-state index in [-0.39, 0.29) is 5.56 Å². The van der Waals surface area contributed by atoms with Crippen molar-refractivity contribution in [2.45, 2.75) is 37.4 Å². The number of carbonyl (C=O) groups is 2. The highest BCUT2D eigenvalue weighted by Crippen LogP contribution is 2.62. The highest BCUT2D eigenvalue weighted by atomic mass is 31.2. The van der Waals surface area contributed by atoms with Crippen LogP contribution in [0.15, 0.2) is 35.1 Å². The largest absolute Gasteiger partial charge is 0.367 e. The molecule has 1 atom stereocenters. The van der Waals surface area contributed by atoms with E-state index in [4.69, 9.17) is 9.26 Å². The van der Waals surface area contributed by atoms with Gasteiger partial charge in [-0.2, -0.15) is 17.6 Å². The van der Waals surface area contributed by atoms with Crippen molar-refractivity contribution in [3.8, 4) is 0 Å². The van der Waals surface area contributed by atoms with E-state index in [1.807, 2.05) is 0 Å². The van der Waals surface area contributed by atoms with Gasteiger partial charge >= 0.3 is 44.1 Å². The lowest BCUT2D eigenvalue weighted by Crippen LogP contribution is -2.48. The molecule has 2 rings (SSSR count). The molecule has 1 unspecified atom stereocenters. The average molecular weight is 513 g/mol. The second-order valence-corrected chi connectivity index (χ2v) is 8.22. The Hall–Kier alpha value is -1.93. The summed E-state index contributed by atoms with van der Waals surface area (Å²) in [7, 11) is -5.20. The minimum atomic E-state index is -5.20. The zero-order chi connectivity index (χ0) is 25.1. The Balaban J connectivity index is 2.47. The summed E-state index contributed by atoms with van der Waals surface area (Å²) in [6.45, 7) is -3.73. The van der Waals surface area contributed by atoms with Crippen LogP contribution in [0.4, 0.5) is 35.1 Å². The molecular formula is C17H16F8NO6P. The van der Waals surface area contributed by atoms with Crippen molar-refractivity contribution in [1.82, 2.24) is 0 Å². The van der Waals surface area contributed by atoms with Gasteiger partial charge in [0.2, 0.25) is 5.78 Å². The third-order valence-corrected chi connectivity index (χ3v) is 5.73. The molecule has 0 bridgehead atoms. The Morgan fingerprint density at radius 3 is 1.94 bits per heavy atom. The van der Waals surface area contributed by atoms with E-state index in [1.165, 1.54) is 37.3 Å². The number of ketones is 1. The topological polar surface area (TPSA) is 83.4 Å². The van der Waals surface area contributed by atoms with Crippen molar-refractivity contribution in [3.63, 3.8) is 0 Å². The molecule has 1 aliphatic rings. The maximum Gasteiger partial charge on any atom is 0.367 e. The summed E-state index contributed by atoms with van der Waals surface area (Å²) in [6, 6.07) is 6.54. The summed E-state index contributed by atoms with van der Waals surface area (Å²) >= 11 is 0. The van der Waals surface area contributed by atoms with E-state index in [0.717, 1.165) is 0 Å². The molecule has 16 heteroatoms. The van der Waals surface area contributed by atoms with Gasteiger partial charge in [0.1, 0.15) is 13.2 Å². The first-order chi connectivity index (χ1) is 15.2. The number of benzene rings is 1. The second kappa shape index (κ2) is 10.1. The quantitative estimate of drug-likeness (QED) is 0.171. The number of alkyl halides is 8. The molecule has 1 amide bonds. The van der Waals surface area contributed by atoms with Crippen LogP contribution in [0.5, 0.6) is 0 Å². The highest BCUT2D eigenvalue weighted by molar-refractivity contribution is 7.52. The molecule has 0 saturated heterocycles. The van der Waals surface area contributed by atoms with Crippen molar-refractivity contribution >= 4 is 19.4 Å². The molecule has 1 aromatic rings. The molecule has 7 nitrogen and oxygen atoms in total. The summed E-state index contributed by atoms with van der Waals surface area (Å²) in [5.74, 6) is -15.8. The van der Waals surface area contributed by atoms with Crippen LogP contribution in [0.3, 0.4) is 0 Å². The second-order valence-electron chi connectivity index (χ2n) is 6.38. The van der Waals surface area contributed by atoms with Gasteiger partial charge in [0, 0.05) is 12.2 Å². The fourth-order valence-corrected chi connectivity index (χ4v) is 4.18. The van der Waals surface area contributed by atoms with E-state index in [0.29, 0.717) is 0 Å². The molecule has 1 aliphatic heterocycles. The monoisotopic (exact) mass is 513 g/mol. The lowest BCUT2D eigenvalue weighted by Gasteiger charge is -2.29. The van der Waals surface area contributed by atoms with Gasteiger partial charge in [-0.1, -0.05) is 30.3 Å². The summed E-state index contributed by atoms with van der Waals surface area (Å²) in [4.78, 5) is 25.5. The van der Waals surface area contributed by atoms with Crippen LogP contribution in [-0.2, 0) is 23.1 Å². The predicted molar refractivity (Wildman–Crippen MR) is 94.4 cm³/mol. The van der Waals surface area contributed by atoms with Crippen molar-refractivity contribution in [2.75, 3.05) is 19.8 Å². The maximum absolute atomic E-state index is 13.4. The van der Waals surface area contributed by atoms with Crippen molar-refractivity contribution in [1.29, 1.82) is 0 Å². The Kier molecular flexibility index (Phi) is 8.39. The smallest absolute Gasteiger partial charge is 0.336 e. The van der Waals surface area contributed by atoms with E-state index in [2.05, 4.69) is 13.8 Å². The number of hydrogen-bond acceptors (Lipinski definition) is 6. The number of rotatable bonds is 12. The van der Waals surface area contributed by atoms with E-state index >= 15 is 0 Å². The molecule has 1 aromatic carbocycles. The zero-order valence-electron chi connectivity index (χ0n) is 16.5. The molecule has 33 heavy (non-hydrogen) atoms. The van der Waals surface area contributed by atoms with Gasteiger partial charge in [0.05, 0.1) is 0 Å². The molecule has 0 aromatic heterocycles. The normalized spacial score (nSPS) is 21.0. The molecule has 0 spiro atoms. The standard InChI is InChI=1S/C17H16F8NO6P/c1-2-29-17(11(27)10-6-4-3-5-7-10)14(28)26-33(32-17,30-8-15(22,23)12(18)19)31-9-16(24,25)13(20)21/h3-7,12-13H,2,8-9H2,1H3. The SMILES string of the molecule is CCOC1(C(=O)c2ccccc2)OP(OCC(F)(F)C(F)F)(OCC(F)(F)C(F)F)=NC1=O. The number of hydrogen-bond donors (Lipinski definition) is 0. The number of nitrogens with zero attached hydrogens (tertiary/aromatic N) is 1. The minimum absolute atomic E-state index is 0.245. The molecular weight excluding hydrogens is 497 g/mol. The Labute approximate surface area is 181 Å². The molecule has 0 radical (unpaired) electrons. The molecule has 0 N–H and O–H groups in total. The summed E-state index contributed by atoms with van der Waals surface area (Å²) in [5.41, 5.74) is -0.245. The summed E-state index contributed by atoms with van der Waals surface area (Å²) in [5, 5.41) is 0. The lowest BCUT2D eigenvalue weighted by molar-refractivity contribution is -0.179. The van der Waals surface area contributed by atoms with Crippen LogP contribution in [-0.4, -0.2) is 62.0 Å². The first-order valence-corrected chi connectivity index (χ1v) is 10.4. The number of Topliss-reactive ketones (excluding diaryl/α,β-unsaturated/α-hetero) is 1. The van der Waals surface area contributed by atoms with Gasteiger partial charge in [-0.05, 0) is 6.92 Å². The average Bonchev–Trinajstić information content (AvgIpc) is 3.04.